The lowest BCUT2D eigenvalue weighted by atomic mass is 10.1. The fourth-order valence-electron chi connectivity index (χ4n) is 2.19. The van der Waals surface area contributed by atoms with Crippen LogP contribution < -0.4 is 0 Å². The first-order valence-corrected chi connectivity index (χ1v) is 6.54. The minimum Gasteiger partial charge on any atom is -0.275 e. The Morgan fingerprint density at radius 3 is 2.65 bits per heavy atom. The third kappa shape index (κ3) is 2.47. The number of aromatic nitrogens is 2. The summed E-state index contributed by atoms with van der Waals surface area (Å²) in [7, 11) is 1.85. The highest BCUT2D eigenvalue weighted by molar-refractivity contribution is 6.13. The molecule has 5 nitrogen and oxygen atoms in total. The van der Waals surface area contributed by atoms with E-state index in [1.165, 1.54) is 10.6 Å². The second-order valence-electron chi connectivity index (χ2n) is 5.06. The summed E-state index contributed by atoms with van der Waals surface area (Å²) in [5.74, 6) is 0.0319. The van der Waals surface area contributed by atoms with Crippen molar-refractivity contribution in [3.8, 4) is 0 Å². The molecular formula is C15H16N4O. The first-order chi connectivity index (χ1) is 9.61. The van der Waals surface area contributed by atoms with Crippen LogP contribution in [0.5, 0.6) is 0 Å². The number of aryl methyl sites for hydroxylation is 2. The molecule has 0 aliphatic carbocycles. The van der Waals surface area contributed by atoms with E-state index in [0.29, 0.717) is 13.0 Å². The molecule has 0 atom stereocenters. The van der Waals surface area contributed by atoms with E-state index in [1.54, 1.807) is 10.9 Å². The number of hydrogen-bond donors (Lipinski definition) is 0. The summed E-state index contributed by atoms with van der Waals surface area (Å²) in [6, 6.07) is 8.14. The quantitative estimate of drug-likeness (QED) is 0.853. The van der Waals surface area contributed by atoms with E-state index in [9.17, 15) is 4.79 Å². The highest BCUT2D eigenvalue weighted by Crippen LogP contribution is 2.17. The van der Waals surface area contributed by atoms with Gasteiger partial charge in [0.05, 0.1) is 24.9 Å². The van der Waals surface area contributed by atoms with Gasteiger partial charge in [-0.05, 0) is 12.5 Å². The lowest BCUT2D eigenvalue weighted by Crippen LogP contribution is -2.19. The van der Waals surface area contributed by atoms with Crippen LogP contribution in [0.2, 0.25) is 0 Å². The third-order valence-electron chi connectivity index (χ3n) is 3.34. The minimum absolute atomic E-state index is 0.0319. The Hall–Kier alpha value is -2.43. The second-order valence-corrected chi connectivity index (χ2v) is 5.06. The molecule has 1 aliphatic heterocycles. The summed E-state index contributed by atoms with van der Waals surface area (Å²) in [4.78, 5) is 12.0. The van der Waals surface area contributed by atoms with Gasteiger partial charge in [-0.2, -0.15) is 10.2 Å². The number of benzene rings is 1. The Morgan fingerprint density at radius 1 is 1.25 bits per heavy atom. The number of amides is 1. The summed E-state index contributed by atoms with van der Waals surface area (Å²) in [5, 5.41) is 10.1. The Bertz CT molecular complexity index is 669. The molecule has 20 heavy (non-hydrogen) atoms. The van der Waals surface area contributed by atoms with Gasteiger partial charge >= 0.3 is 0 Å². The van der Waals surface area contributed by atoms with Crippen molar-refractivity contribution in [2.45, 2.75) is 19.9 Å². The topological polar surface area (TPSA) is 50.5 Å². The maximum absolute atomic E-state index is 12.0. The molecule has 0 bridgehead atoms. The van der Waals surface area contributed by atoms with Crippen molar-refractivity contribution in [1.29, 1.82) is 0 Å². The standard InChI is InChI=1S/C15H16N4O/c1-11-3-5-12(6-4-11)9-19-15(20)7-14(17-19)13-8-16-18(2)10-13/h3-6,8,10H,7,9H2,1-2H3. The molecule has 1 aromatic carbocycles. The van der Waals surface area contributed by atoms with Crippen molar-refractivity contribution in [3.05, 3.63) is 53.3 Å². The molecule has 1 aliphatic rings. The third-order valence-corrected chi connectivity index (χ3v) is 3.34. The summed E-state index contributed by atoms with van der Waals surface area (Å²) >= 11 is 0. The molecule has 0 spiro atoms. The van der Waals surface area contributed by atoms with Crippen molar-refractivity contribution in [3.63, 3.8) is 0 Å². The Kier molecular flexibility index (Phi) is 3.10. The molecule has 102 valence electrons. The van der Waals surface area contributed by atoms with E-state index in [0.717, 1.165) is 16.8 Å². The lowest BCUT2D eigenvalue weighted by Gasteiger charge is -2.11. The number of carbonyl (C=O) groups excluding carboxylic acids is 1. The van der Waals surface area contributed by atoms with E-state index < -0.39 is 0 Å². The number of hydrogen-bond acceptors (Lipinski definition) is 3. The normalized spacial score (nSPS) is 14.8. The molecule has 0 fully saturated rings. The predicted octanol–water partition coefficient (Wildman–Crippen LogP) is 1.87. The zero-order chi connectivity index (χ0) is 14.1. The van der Waals surface area contributed by atoms with E-state index in [1.807, 2.05) is 44.4 Å². The maximum atomic E-state index is 12.0. The molecule has 0 radical (unpaired) electrons. The smallest absolute Gasteiger partial charge is 0.249 e. The minimum atomic E-state index is 0.0319. The molecule has 0 saturated carbocycles. The van der Waals surface area contributed by atoms with Gasteiger partial charge in [-0.1, -0.05) is 29.8 Å². The number of carbonyl (C=O) groups is 1. The summed E-state index contributed by atoms with van der Waals surface area (Å²) in [5.41, 5.74) is 3.99. The average Bonchev–Trinajstić information content (AvgIpc) is 3.00. The Balaban J connectivity index is 1.78. The molecule has 0 N–H and O–H groups in total. The molecular weight excluding hydrogens is 252 g/mol. The highest BCUT2D eigenvalue weighted by Gasteiger charge is 2.25. The van der Waals surface area contributed by atoms with Crippen LogP contribution in [0.3, 0.4) is 0 Å². The maximum Gasteiger partial charge on any atom is 0.249 e. The van der Waals surface area contributed by atoms with Crippen LogP contribution in [0.1, 0.15) is 23.1 Å². The van der Waals surface area contributed by atoms with Gasteiger partial charge in [0.25, 0.3) is 0 Å². The van der Waals surface area contributed by atoms with E-state index in [-0.39, 0.29) is 5.91 Å². The zero-order valence-electron chi connectivity index (χ0n) is 11.6. The van der Waals surface area contributed by atoms with Gasteiger partial charge < -0.3 is 0 Å². The van der Waals surface area contributed by atoms with Crippen LogP contribution >= 0.6 is 0 Å². The molecule has 3 rings (SSSR count). The SMILES string of the molecule is Cc1ccc(CN2N=C(c3cnn(C)c3)CC2=O)cc1. The van der Waals surface area contributed by atoms with Crippen LogP contribution in [0.4, 0.5) is 0 Å². The van der Waals surface area contributed by atoms with Crippen LogP contribution in [-0.2, 0) is 18.4 Å². The highest BCUT2D eigenvalue weighted by atomic mass is 16.2. The first-order valence-electron chi connectivity index (χ1n) is 6.54. The van der Waals surface area contributed by atoms with Crippen molar-refractivity contribution in [1.82, 2.24) is 14.8 Å². The van der Waals surface area contributed by atoms with Gasteiger partial charge in [-0.25, -0.2) is 5.01 Å². The second kappa shape index (κ2) is 4.92. The number of rotatable bonds is 3. The van der Waals surface area contributed by atoms with Gasteiger partial charge in [0.2, 0.25) is 5.91 Å². The van der Waals surface area contributed by atoms with E-state index in [4.69, 9.17) is 0 Å². The monoisotopic (exact) mass is 268 g/mol. The van der Waals surface area contributed by atoms with Gasteiger partial charge in [0.15, 0.2) is 0 Å². The summed E-state index contributed by atoms with van der Waals surface area (Å²) in [6.45, 7) is 2.56. The van der Waals surface area contributed by atoms with E-state index >= 15 is 0 Å². The van der Waals surface area contributed by atoms with Crippen molar-refractivity contribution >= 4 is 11.6 Å². The average molecular weight is 268 g/mol. The van der Waals surface area contributed by atoms with Crippen molar-refractivity contribution in [2.75, 3.05) is 0 Å². The van der Waals surface area contributed by atoms with Gasteiger partial charge in [-0.3, -0.25) is 9.48 Å². The molecule has 2 aromatic rings. The van der Waals surface area contributed by atoms with Crippen LogP contribution in [0.15, 0.2) is 41.8 Å². The first kappa shape index (κ1) is 12.6. The number of nitrogens with zero attached hydrogens (tertiary/aromatic N) is 4. The fraction of sp³-hybridized carbons (Fsp3) is 0.267. The predicted molar refractivity (Wildman–Crippen MR) is 76.1 cm³/mol. The molecule has 0 unspecified atom stereocenters. The van der Waals surface area contributed by atoms with Gasteiger partial charge in [-0.15, -0.1) is 0 Å². The Morgan fingerprint density at radius 2 is 2.00 bits per heavy atom. The lowest BCUT2D eigenvalue weighted by molar-refractivity contribution is -0.129. The zero-order valence-corrected chi connectivity index (χ0v) is 11.6. The van der Waals surface area contributed by atoms with Crippen molar-refractivity contribution in [2.24, 2.45) is 12.1 Å². The van der Waals surface area contributed by atoms with Crippen LogP contribution in [-0.4, -0.2) is 26.4 Å². The summed E-state index contributed by atoms with van der Waals surface area (Å²) < 4.78 is 1.71. The van der Waals surface area contributed by atoms with Crippen LogP contribution in [0, 0.1) is 6.92 Å². The number of hydrazone groups is 1. The molecule has 5 heteroatoms. The molecule has 0 saturated heterocycles. The van der Waals surface area contributed by atoms with E-state index in [2.05, 4.69) is 10.2 Å². The fourth-order valence-corrected chi connectivity index (χ4v) is 2.19. The van der Waals surface area contributed by atoms with Crippen molar-refractivity contribution < 1.29 is 4.79 Å². The van der Waals surface area contributed by atoms with Gasteiger partial charge in [0.1, 0.15) is 0 Å². The largest absolute Gasteiger partial charge is 0.275 e. The molecule has 2 heterocycles. The molecule has 1 aromatic heterocycles. The van der Waals surface area contributed by atoms with Gasteiger partial charge in [0, 0.05) is 18.8 Å². The Labute approximate surface area is 117 Å². The molecule has 1 amide bonds. The summed E-state index contributed by atoms with van der Waals surface area (Å²) in [6.07, 6.45) is 3.96. The van der Waals surface area contributed by atoms with Crippen LogP contribution in [0.25, 0.3) is 0 Å².